The molecule has 1 aromatic rings. The molecule has 2 rings (SSSR count). The molecule has 6 heteroatoms. The van der Waals surface area contributed by atoms with Gasteiger partial charge in [-0.2, -0.15) is 0 Å². The number of hydrogen-bond acceptors (Lipinski definition) is 3. The number of ether oxygens (including phenoxy) is 1. The van der Waals surface area contributed by atoms with E-state index < -0.39 is 5.60 Å². The van der Waals surface area contributed by atoms with Crippen LogP contribution in [0.25, 0.3) is 0 Å². The van der Waals surface area contributed by atoms with Crippen LogP contribution in [0.5, 0.6) is 0 Å². The number of halogens is 1. The van der Waals surface area contributed by atoms with Gasteiger partial charge in [-0.1, -0.05) is 28.1 Å². The highest BCUT2D eigenvalue weighted by Gasteiger charge is 2.27. The van der Waals surface area contributed by atoms with Crippen LogP contribution in [0, 0.1) is 0 Å². The molecule has 0 aromatic heterocycles. The minimum Gasteiger partial charge on any atom is -0.444 e. The fraction of sp³-hybridized carbons (Fsp3) is 0.556. The van der Waals surface area contributed by atoms with Crippen LogP contribution in [0.15, 0.2) is 28.7 Å². The van der Waals surface area contributed by atoms with Gasteiger partial charge in [0, 0.05) is 37.1 Å². The largest absolute Gasteiger partial charge is 0.444 e. The van der Waals surface area contributed by atoms with E-state index in [1.54, 1.807) is 4.90 Å². The summed E-state index contributed by atoms with van der Waals surface area (Å²) in [6.45, 7) is 7.74. The minimum atomic E-state index is -0.492. The molecule has 132 valence electrons. The minimum absolute atomic E-state index is 0.138. The van der Waals surface area contributed by atoms with Gasteiger partial charge in [0.2, 0.25) is 5.91 Å². The average Bonchev–Trinajstić information content (AvgIpc) is 2.51. The summed E-state index contributed by atoms with van der Waals surface area (Å²) in [4.78, 5) is 27.9. The zero-order valence-corrected chi connectivity index (χ0v) is 16.1. The third kappa shape index (κ3) is 5.82. The van der Waals surface area contributed by atoms with Crippen LogP contribution in [-0.4, -0.2) is 53.6 Å². The second-order valence-electron chi connectivity index (χ2n) is 6.98. The molecule has 0 N–H and O–H groups in total. The Morgan fingerprint density at radius 1 is 1.12 bits per heavy atom. The molecule has 1 saturated heterocycles. The Kier molecular flexibility index (Phi) is 6.27. The van der Waals surface area contributed by atoms with Crippen molar-refractivity contribution < 1.29 is 14.3 Å². The van der Waals surface area contributed by atoms with Crippen LogP contribution >= 0.6 is 15.9 Å². The number of carbonyl (C=O) groups is 2. The van der Waals surface area contributed by atoms with Crippen molar-refractivity contribution in [3.05, 3.63) is 34.3 Å². The number of carbonyl (C=O) groups excluding carboxylic acids is 2. The van der Waals surface area contributed by atoms with E-state index >= 15 is 0 Å². The molecule has 5 nitrogen and oxygen atoms in total. The molecular formula is C18H25BrN2O3. The first kappa shape index (κ1) is 18.8. The SMILES string of the molecule is CC(C)(C)OC(=O)N1CCN(C(=O)CCc2cccc(Br)c2)CC1. The van der Waals surface area contributed by atoms with E-state index in [4.69, 9.17) is 4.74 Å². The number of piperazine rings is 1. The van der Waals surface area contributed by atoms with Crippen LogP contribution in [0.1, 0.15) is 32.8 Å². The summed E-state index contributed by atoms with van der Waals surface area (Å²) in [6, 6.07) is 8.01. The number of rotatable bonds is 3. The molecule has 1 heterocycles. The summed E-state index contributed by atoms with van der Waals surface area (Å²) in [7, 11) is 0. The molecule has 24 heavy (non-hydrogen) atoms. The molecule has 0 spiro atoms. The maximum atomic E-state index is 12.3. The van der Waals surface area contributed by atoms with Gasteiger partial charge in [0.15, 0.2) is 0 Å². The second kappa shape index (κ2) is 8.01. The van der Waals surface area contributed by atoms with Gasteiger partial charge in [-0.3, -0.25) is 4.79 Å². The van der Waals surface area contributed by atoms with Gasteiger partial charge in [-0.05, 0) is 44.9 Å². The molecule has 1 aliphatic heterocycles. The van der Waals surface area contributed by atoms with Crippen molar-refractivity contribution in [1.82, 2.24) is 9.80 Å². The monoisotopic (exact) mass is 396 g/mol. The highest BCUT2D eigenvalue weighted by molar-refractivity contribution is 9.10. The van der Waals surface area contributed by atoms with Crippen molar-refractivity contribution in [2.75, 3.05) is 26.2 Å². The Hall–Kier alpha value is -1.56. The van der Waals surface area contributed by atoms with Crippen molar-refractivity contribution in [2.45, 2.75) is 39.2 Å². The van der Waals surface area contributed by atoms with Crippen LogP contribution in [0.3, 0.4) is 0 Å². The van der Waals surface area contributed by atoms with Crippen LogP contribution < -0.4 is 0 Å². The highest BCUT2D eigenvalue weighted by atomic mass is 79.9. The zero-order valence-electron chi connectivity index (χ0n) is 14.5. The lowest BCUT2D eigenvalue weighted by Gasteiger charge is -2.35. The van der Waals surface area contributed by atoms with E-state index in [-0.39, 0.29) is 12.0 Å². The first-order valence-corrected chi connectivity index (χ1v) is 9.04. The highest BCUT2D eigenvalue weighted by Crippen LogP contribution is 2.15. The van der Waals surface area contributed by atoms with Crippen molar-refractivity contribution in [3.8, 4) is 0 Å². The van der Waals surface area contributed by atoms with Gasteiger partial charge in [0.05, 0.1) is 0 Å². The Bertz CT molecular complexity index is 590. The maximum Gasteiger partial charge on any atom is 0.410 e. The standard InChI is InChI=1S/C18H25BrN2O3/c1-18(2,3)24-17(23)21-11-9-20(10-12-21)16(22)8-7-14-5-4-6-15(19)13-14/h4-6,13H,7-12H2,1-3H3. The van der Waals surface area contributed by atoms with Crippen LogP contribution in [0.2, 0.25) is 0 Å². The normalized spacial score (nSPS) is 15.3. The van der Waals surface area contributed by atoms with E-state index in [1.807, 2.05) is 49.9 Å². The molecule has 1 aliphatic rings. The van der Waals surface area contributed by atoms with Gasteiger partial charge in [0.25, 0.3) is 0 Å². The fourth-order valence-electron chi connectivity index (χ4n) is 2.57. The smallest absolute Gasteiger partial charge is 0.410 e. The van der Waals surface area contributed by atoms with Gasteiger partial charge in [0.1, 0.15) is 5.60 Å². The lowest BCUT2D eigenvalue weighted by molar-refractivity contribution is -0.132. The molecule has 2 amide bonds. The first-order chi connectivity index (χ1) is 11.2. The van der Waals surface area contributed by atoms with Crippen molar-refractivity contribution >= 4 is 27.9 Å². The maximum absolute atomic E-state index is 12.3. The molecule has 1 aromatic carbocycles. The van der Waals surface area contributed by atoms with E-state index in [2.05, 4.69) is 15.9 Å². The van der Waals surface area contributed by atoms with Gasteiger partial charge in [-0.25, -0.2) is 4.79 Å². The molecule has 0 bridgehead atoms. The molecule has 1 fully saturated rings. The lowest BCUT2D eigenvalue weighted by atomic mass is 10.1. The van der Waals surface area contributed by atoms with Crippen LogP contribution in [-0.2, 0) is 16.0 Å². The molecule has 0 radical (unpaired) electrons. The third-order valence-electron chi connectivity index (χ3n) is 3.80. The Morgan fingerprint density at radius 3 is 2.33 bits per heavy atom. The first-order valence-electron chi connectivity index (χ1n) is 8.25. The summed E-state index contributed by atoms with van der Waals surface area (Å²) < 4.78 is 6.39. The Labute approximate surface area is 152 Å². The topological polar surface area (TPSA) is 49.9 Å². The molecule has 0 aliphatic carbocycles. The molecule has 0 atom stereocenters. The predicted octanol–water partition coefficient (Wildman–Crippen LogP) is 3.46. The molecular weight excluding hydrogens is 372 g/mol. The predicted molar refractivity (Wildman–Crippen MR) is 96.9 cm³/mol. The summed E-state index contributed by atoms with van der Waals surface area (Å²) in [5.74, 6) is 0.138. The quantitative estimate of drug-likeness (QED) is 0.785. The summed E-state index contributed by atoms with van der Waals surface area (Å²) >= 11 is 3.44. The second-order valence-corrected chi connectivity index (χ2v) is 7.89. The summed E-state index contributed by atoms with van der Waals surface area (Å²) in [6.07, 6.45) is 0.914. The molecule has 0 unspecified atom stereocenters. The average molecular weight is 397 g/mol. The number of nitrogens with zero attached hydrogens (tertiary/aromatic N) is 2. The number of benzene rings is 1. The summed E-state index contributed by atoms with van der Waals surface area (Å²) in [5.41, 5.74) is 0.652. The Balaban J connectivity index is 1.77. The van der Waals surface area contributed by atoms with Gasteiger partial charge >= 0.3 is 6.09 Å². The third-order valence-corrected chi connectivity index (χ3v) is 4.29. The number of aryl methyl sites for hydroxylation is 1. The van der Waals surface area contributed by atoms with Crippen molar-refractivity contribution in [3.63, 3.8) is 0 Å². The van der Waals surface area contributed by atoms with Gasteiger partial charge < -0.3 is 14.5 Å². The molecule has 0 saturated carbocycles. The van der Waals surface area contributed by atoms with Gasteiger partial charge in [-0.15, -0.1) is 0 Å². The Morgan fingerprint density at radius 2 is 1.75 bits per heavy atom. The van der Waals surface area contributed by atoms with E-state index in [0.717, 1.165) is 16.5 Å². The number of hydrogen-bond donors (Lipinski definition) is 0. The zero-order chi connectivity index (χ0) is 17.7. The fourth-order valence-corrected chi connectivity index (χ4v) is 3.01. The number of amides is 2. The lowest BCUT2D eigenvalue weighted by Crippen LogP contribution is -2.51. The van der Waals surface area contributed by atoms with E-state index in [1.165, 1.54) is 0 Å². The van der Waals surface area contributed by atoms with E-state index in [0.29, 0.717) is 32.6 Å². The van der Waals surface area contributed by atoms with Crippen molar-refractivity contribution in [1.29, 1.82) is 0 Å². The van der Waals surface area contributed by atoms with E-state index in [9.17, 15) is 9.59 Å². The van der Waals surface area contributed by atoms with Crippen molar-refractivity contribution in [2.24, 2.45) is 0 Å². The van der Waals surface area contributed by atoms with Crippen LogP contribution in [0.4, 0.5) is 4.79 Å². The summed E-state index contributed by atoms with van der Waals surface area (Å²) in [5, 5.41) is 0.